The van der Waals surface area contributed by atoms with Gasteiger partial charge in [-0.25, -0.2) is 4.39 Å². The molecule has 3 aromatic rings. The predicted octanol–water partition coefficient (Wildman–Crippen LogP) is 3.94. The van der Waals surface area contributed by atoms with Gasteiger partial charge in [-0.15, -0.1) is 0 Å². The maximum absolute atomic E-state index is 13.2. The zero-order chi connectivity index (χ0) is 17.8. The van der Waals surface area contributed by atoms with E-state index < -0.39 is 17.3 Å². The highest BCUT2D eigenvalue weighted by molar-refractivity contribution is 6.31. The number of halogens is 2. The third-order valence-corrected chi connectivity index (χ3v) is 4.01. The van der Waals surface area contributed by atoms with E-state index in [4.69, 9.17) is 11.6 Å². The molecule has 6 heteroatoms. The summed E-state index contributed by atoms with van der Waals surface area (Å²) in [6.45, 7) is 0.250. The van der Waals surface area contributed by atoms with Crippen LogP contribution in [0.3, 0.4) is 0 Å². The Balaban J connectivity index is 1.87. The fourth-order valence-electron chi connectivity index (χ4n) is 2.41. The van der Waals surface area contributed by atoms with E-state index in [9.17, 15) is 14.0 Å². The van der Waals surface area contributed by atoms with Crippen LogP contribution < -0.4 is 10.9 Å². The number of hydrogen-bond donors (Lipinski definition) is 1. The van der Waals surface area contributed by atoms with Crippen LogP contribution in [-0.2, 0) is 6.54 Å². The van der Waals surface area contributed by atoms with Gasteiger partial charge in [0.1, 0.15) is 11.4 Å². The van der Waals surface area contributed by atoms with E-state index in [2.05, 4.69) is 5.32 Å². The second kappa shape index (κ2) is 7.32. The van der Waals surface area contributed by atoms with Crippen LogP contribution in [-0.4, -0.2) is 10.5 Å². The van der Waals surface area contributed by atoms with Crippen molar-refractivity contribution in [3.05, 3.63) is 99.2 Å². The number of aromatic nitrogens is 1. The van der Waals surface area contributed by atoms with Crippen LogP contribution in [0.5, 0.6) is 0 Å². The van der Waals surface area contributed by atoms with E-state index in [1.807, 2.05) is 12.1 Å². The topological polar surface area (TPSA) is 51.1 Å². The molecule has 0 saturated heterocycles. The lowest BCUT2D eigenvalue weighted by molar-refractivity contribution is 0.102. The van der Waals surface area contributed by atoms with E-state index >= 15 is 0 Å². The highest BCUT2D eigenvalue weighted by Gasteiger charge is 2.13. The maximum Gasteiger partial charge on any atom is 0.263 e. The minimum Gasteiger partial charge on any atom is -0.322 e. The summed E-state index contributed by atoms with van der Waals surface area (Å²) < 4.78 is 14.6. The van der Waals surface area contributed by atoms with Gasteiger partial charge in [-0.05, 0) is 42.0 Å². The summed E-state index contributed by atoms with van der Waals surface area (Å²) in [7, 11) is 0. The SMILES string of the molecule is O=C(Nc1cccc(F)c1)c1cccn(Cc2ccccc2Cl)c1=O. The molecule has 1 amide bonds. The summed E-state index contributed by atoms with van der Waals surface area (Å²) in [5.41, 5.74) is 0.579. The molecule has 3 rings (SSSR count). The molecule has 0 bridgehead atoms. The standard InChI is InChI=1S/C19H14ClFN2O2/c20-17-9-2-1-5-13(17)12-23-10-4-8-16(19(23)25)18(24)22-15-7-3-6-14(21)11-15/h1-11H,12H2,(H,22,24). The second-order valence-electron chi connectivity index (χ2n) is 5.41. The third-order valence-electron chi connectivity index (χ3n) is 3.65. The first-order valence-corrected chi connectivity index (χ1v) is 7.92. The van der Waals surface area contributed by atoms with Crippen molar-refractivity contribution in [3.8, 4) is 0 Å². The average molecular weight is 357 g/mol. The summed E-state index contributed by atoms with van der Waals surface area (Å²) in [6.07, 6.45) is 1.59. The fraction of sp³-hybridized carbons (Fsp3) is 0.0526. The van der Waals surface area contributed by atoms with Gasteiger partial charge >= 0.3 is 0 Å². The summed E-state index contributed by atoms with van der Waals surface area (Å²) >= 11 is 6.12. The number of pyridine rings is 1. The van der Waals surface area contributed by atoms with Gasteiger partial charge in [0.2, 0.25) is 0 Å². The van der Waals surface area contributed by atoms with Crippen molar-refractivity contribution in [2.75, 3.05) is 5.32 Å². The minimum absolute atomic E-state index is 0.0289. The first-order valence-electron chi connectivity index (χ1n) is 7.54. The second-order valence-corrected chi connectivity index (χ2v) is 5.82. The van der Waals surface area contributed by atoms with Gasteiger partial charge in [-0.3, -0.25) is 9.59 Å². The molecule has 0 radical (unpaired) electrons. The first-order chi connectivity index (χ1) is 12.0. The van der Waals surface area contributed by atoms with Crippen molar-refractivity contribution in [1.82, 2.24) is 4.57 Å². The zero-order valence-corrected chi connectivity index (χ0v) is 13.8. The number of nitrogens with zero attached hydrogens (tertiary/aromatic N) is 1. The Labute approximate surface area is 148 Å². The number of benzene rings is 2. The molecule has 0 fully saturated rings. The lowest BCUT2D eigenvalue weighted by Gasteiger charge is -2.10. The van der Waals surface area contributed by atoms with Crippen LogP contribution in [0.2, 0.25) is 5.02 Å². The number of amides is 1. The minimum atomic E-state index is -0.593. The average Bonchev–Trinajstić information content (AvgIpc) is 2.58. The van der Waals surface area contributed by atoms with Crippen molar-refractivity contribution in [2.24, 2.45) is 0 Å². The third kappa shape index (κ3) is 3.95. The van der Waals surface area contributed by atoms with Crippen LogP contribution in [0.4, 0.5) is 10.1 Å². The first kappa shape index (κ1) is 16.9. The van der Waals surface area contributed by atoms with Crippen molar-refractivity contribution < 1.29 is 9.18 Å². The molecule has 0 spiro atoms. The van der Waals surface area contributed by atoms with Gasteiger partial charge < -0.3 is 9.88 Å². The molecule has 2 aromatic carbocycles. The van der Waals surface area contributed by atoms with Crippen LogP contribution >= 0.6 is 11.6 Å². The Bertz CT molecular complexity index is 985. The Morgan fingerprint density at radius 3 is 2.64 bits per heavy atom. The molecular weight excluding hydrogens is 343 g/mol. The van der Waals surface area contributed by atoms with Crippen molar-refractivity contribution >= 4 is 23.2 Å². The van der Waals surface area contributed by atoms with Crippen molar-refractivity contribution in [3.63, 3.8) is 0 Å². The molecule has 0 atom stereocenters. The number of hydrogen-bond acceptors (Lipinski definition) is 2. The smallest absolute Gasteiger partial charge is 0.263 e. The summed E-state index contributed by atoms with van der Waals surface area (Å²) in [5, 5.41) is 3.07. The van der Waals surface area contributed by atoms with Gasteiger partial charge in [0.25, 0.3) is 11.5 Å². The van der Waals surface area contributed by atoms with Crippen molar-refractivity contribution in [1.29, 1.82) is 0 Å². The Kier molecular flexibility index (Phi) is 4.95. The van der Waals surface area contributed by atoms with Gasteiger partial charge in [0.05, 0.1) is 6.54 Å². The number of nitrogens with one attached hydrogen (secondary N) is 1. The zero-order valence-electron chi connectivity index (χ0n) is 13.1. The van der Waals surface area contributed by atoms with E-state index in [0.29, 0.717) is 5.02 Å². The largest absolute Gasteiger partial charge is 0.322 e. The number of anilines is 1. The maximum atomic E-state index is 13.2. The normalized spacial score (nSPS) is 10.5. The van der Waals surface area contributed by atoms with Crippen LogP contribution in [0.1, 0.15) is 15.9 Å². The number of carbonyl (C=O) groups is 1. The monoisotopic (exact) mass is 356 g/mol. The Morgan fingerprint density at radius 1 is 1.08 bits per heavy atom. The van der Waals surface area contributed by atoms with Crippen molar-refractivity contribution in [2.45, 2.75) is 6.54 Å². The summed E-state index contributed by atoms with van der Waals surface area (Å²) in [5.74, 6) is -1.06. The molecule has 0 unspecified atom stereocenters. The van der Waals surface area contributed by atoms with Crippen LogP contribution in [0.15, 0.2) is 71.7 Å². The van der Waals surface area contributed by atoms with Gasteiger partial charge in [-0.1, -0.05) is 35.9 Å². The molecule has 0 saturated carbocycles. The molecule has 1 aromatic heterocycles. The molecule has 1 heterocycles. The van der Waals surface area contributed by atoms with E-state index in [0.717, 1.165) is 5.56 Å². The highest BCUT2D eigenvalue weighted by atomic mass is 35.5. The molecule has 126 valence electrons. The van der Waals surface area contributed by atoms with E-state index in [-0.39, 0.29) is 17.8 Å². The van der Waals surface area contributed by atoms with E-state index in [1.54, 1.807) is 30.5 Å². The lowest BCUT2D eigenvalue weighted by Crippen LogP contribution is -2.29. The quantitative estimate of drug-likeness (QED) is 0.769. The van der Waals surface area contributed by atoms with Gasteiger partial charge in [0.15, 0.2) is 0 Å². The van der Waals surface area contributed by atoms with Crippen LogP contribution in [0.25, 0.3) is 0 Å². The highest BCUT2D eigenvalue weighted by Crippen LogP contribution is 2.15. The Morgan fingerprint density at radius 2 is 1.88 bits per heavy atom. The van der Waals surface area contributed by atoms with Gasteiger partial charge in [-0.2, -0.15) is 0 Å². The van der Waals surface area contributed by atoms with E-state index in [1.165, 1.54) is 28.8 Å². The fourth-order valence-corrected chi connectivity index (χ4v) is 2.60. The molecular formula is C19H14ClFN2O2. The number of carbonyl (C=O) groups excluding carboxylic acids is 1. The number of rotatable bonds is 4. The molecule has 4 nitrogen and oxygen atoms in total. The Hall–Kier alpha value is -2.92. The van der Waals surface area contributed by atoms with Gasteiger partial charge in [0, 0.05) is 16.9 Å². The predicted molar refractivity (Wildman–Crippen MR) is 95.6 cm³/mol. The molecule has 0 aliphatic rings. The molecule has 1 N–H and O–H groups in total. The lowest BCUT2D eigenvalue weighted by atomic mass is 10.2. The molecule has 0 aliphatic carbocycles. The molecule has 0 aliphatic heterocycles. The van der Waals surface area contributed by atoms with Crippen LogP contribution in [0, 0.1) is 5.82 Å². The summed E-state index contributed by atoms with van der Waals surface area (Å²) in [4.78, 5) is 24.9. The summed E-state index contributed by atoms with van der Waals surface area (Å²) in [6, 6.07) is 15.7. The molecule has 25 heavy (non-hydrogen) atoms.